The average Bonchev–Trinajstić information content (AvgIpc) is 3.02. The molecule has 2 aromatic carbocycles. The molecule has 2 aromatic heterocycles. The van der Waals surface area contributed by atoms with Crippen LogP contribution in [0.5, 0.6) is 0 Å². The summed E-state index contributed by atoms with van der Waals surface area (Å²) in [5, 5.41) is 1.04. The van der Waals surface area contributed by atoms with E-state index in [1.807, 2.05) is 18.5 Å². The van der Waals surface area contributed by atoms with E-state index in [4.69, 9.17) is 4.98 Å². The van der Waals surface area contributed by atoms with Crippen LogP contribution in [0, 0.1) is 20.8 Å². The van der Waals surface area contributed by atoms with Gasteiger partial charge in [-0.2, -0.15) is 0 Å². The Labute approximate surface area is 164 Å². The third kappa shape index (κ3) is 3.91. The van der Waals surface area contributed by atoms with E-state index in [1.54, 1.807) is 11.8 Å². The van der Waals surface area contributed by atoms with Gasteiger partial charge >= 0.3 is 0 Å². The zero-order valence-corrected chi connectivity index (χ0v) is 16.8. The molecular weight excluding hydrogens is 350 g/mol. The lowest BCUT2D eigenvalue weighted by Gasteiger charge is -2.12. The lowest BCUT2D eigenvalue weighted by molar-refractivity contribution is 0.726. The molecule has 0 N–H and O–H groups in total. The summed E-state index contributed by atoms with van der Waals surface area (Å²) in [4.78, 5) is 9.21. The first kappa shape index (κ1) is 17.8. The largest absolute Gasteiger partial charge is 0.313 e. The molecule has 0 aliphatic heterocycles. The summed E-state index contributed by atoms with van der Waals surface area (Å²) in [6.07, 6.45) is 3.73. The lowest BCUT2D eigenvalue weighted by Crippen LogP contribution is -2.04. The van der Waals surface area contributed by atoms with Crippen LogP contribution in [0.25, 0.3) is 11.0 Å². The van der Waals surface area contributed by atoms with Gasteiger partial charge in [-0.1, -0.05) is 65.4 Å². The smallest absolute Gasteiger partial charge is 0.169 e. The number of benzene rings is 2. The fourth-order valence-corrected chi connectivity index (χ4v) is 4.15. The second kappa shape index (κ2) is 7.57. The summed E-state index contributed by atoms with van der Waals surface area (Å²) in [5.41, 5.74) is 8.61. The van der Waals surface area contributed by atoms with Gasteiger partial charge in [0.1, 0.15) is 0 Å². The molecule has 0 atom stereocenters. The van der Waals surface area contributed by atoms with Gasteiger partial charge in [-0.25, -0.2) is 4.98 Å². The molecule has 0 aliphatic rings. The third-order valence-electron chi connectivity index (χ3n) is 4.84. The van der Waals surface area contributed by atoms with E-state index in [2.05, 4.69) is 72.8 Å². The quantitative estimate of drug-likeness (QED) is 0.421. The highest BCUT2D eigenvalue weighted by molar-refractivity contribution is 7.98. The zero-order valence-electron chi connectivity index (χ0n) is 15.9. The fraction of sp³-hybridized carbons (Fsp3) is 0.217. The number of nitrogens with zero attached hydrogens (tertiary/aromatic N) is 3. The van der Waals surface area contributed by atoms with Crippen LogP contribution in [-0.4, -0.2) is 14.5 Å². The van der Waals surface area contributed by atoms with Crippen LogP contribution >= 0.6 is 11.8 Å². The van der Waals surface area contributed by atoms with Crippen LogP contribution in [0.15, 0.2) is 66.1 Å². The van der Waals surface area contributed by atoms with E-state index in [0.717, 1.165) is 28.5 Å². The molecule has 0 bridgehead atoms. The topological polar surface area (TPSA) is 30.7 Å². The molecule has 0 fully saturated rings. The molecule has 0 aliphatic carbocycles. The molecule has 4 heteroatoms. The van der Waals surface area contributed by atoms with E-state index < -0.39 is 0 Å². The van der Waals surface area contributed by atoms with Crippen molar-refractivity contribution >= 4 is 22.8 Å². The maximum Gasteiger partial charge on any atom is 0.169 e. The first-order valence-corrected chi connectivity index (χ1v) is 10.1. The number of fused-ring (bicyclic) bond motifs is 1. The van der Waals surface area contributed by atoms with Crippen molar-refractivity contribution in [1.82, 2.24) is 14.5 Å². The molecule has 0 amide bonds. The number of hydrogen-bond donors (Lipinski definition) is 0. The van der Waals surface area contributed by atoms with Gasteiger partial charge in [0, 0.05) is 11.9 Å². The molecule has 0 unspecified atom stereocenters. The van der Waals surface area contributed by atoms with Gasteiger partial charge < -0.3 is 4.57 Å². The Hall–Kier alpha value is -2.59. The van der Waals surface area contributed by atoms with Gasteiger partial charge in [0.15, 0.2) is 5.16 Å². The molecule has 4 rings (SSSR count). The number of aryl methyl sites for hydroxylation is 3. The van der Waals surface area contributed by atoms with Gasteiger partial charge in [-0.15, -0.1) is 0 Å². The highest BCUT2D eigenvalue weighted by Crippen LogP contribution is 2.28. The molecule has 27 heavy (non-hydrogen) atoms. The number of pyridine rings is 1. The molecule has 2 heterocycles. The second-order valence-electron chi connectivity index (χ2n) is 7.05. The minimum absolute atomic E-state index is 0.811. The van der Waals surface area contributed by atoms with E-state index in [9.17, 15) is 0 Å². The van der Waals surface area contributed by atoms with Crippen molar-refractivity contribution < 1.29 is 0 Å². The highest BCUT2D eigenvalue weighted by Gasteiger charge is 2.13. The number of rotatable bonds is 5. The first-order chi connectivity index (χ1) is 13.1. The third-order valence-corrected chi connectivity index (χ3v) is 5.88. The Morgan fingerprint density at radius 3 is 2.52 bits per heavy atom. The van der Waals surface area contributed by atoms with Gasteiger partial charge in [0.2, 0.25) is 0 Å². The fourth-order valence-electron chi connectivity index (χ4n) is 3.18. The van der Waals surface area contributed by atoms with Gasteiger partial charge in [0.25, 0.3) is 0 Å². The van der Waals surface area contributed by atoms with Crippen LogP contribution in [0.4, 0.5) is 0 Å². The molecule has 4 aromatic rings. The predicted molar refractivity (Wildman–Crippen MR) is 113 cm³/mol. The molecule has 3 nitrogen and oxygen atoms in total. The Balaban J connectivity index is 1.68. The van der Waals surface area contributed by atoms with Crippen LogP contribution in [0.2, 0.25) is 0 Å². The summed E-state index contributed by atoms with van der Waals surface area (Å²) >= 11 is 1.79. The van der Waals surface area contributed by atoms with Gasteiger partial charge in [-0.05, 0) is 43.5 Å². The summed E-state index contributed by atoms with van der Waals surface area (Å²) < 4.78 is 2.29. The summed E-state index contributed by atoms with van der Waals surface area (Å²) in [5.74, 6) is 0.907. The van der Waals surface area contributed by atoms with E-state index in [-0.39, 0.29) is 0 Å². The van der Waals surface area contributed by atoms with E-state index in [0.29, 0.717) is 0 Å². The summed E-state index contributed by atoms with van der Waals surface area (Å²) in [7, 11) is 0. The molecular formula is C23H23N3S. The number of thioether (sulfide) groups is 1. The van der Waals surface area contributed by atoms with E-state index in [1.165, 1.54) is 27.8 Å². The Morgan fingerprint density at radius 2 is 1.70 bits per heavy atom. The van der Waals surface area contributed by atoms with Crippen molar-refractivity contribution in [2.24, 2.45) is 0 Å². The van der Waals surface area contributed by atoms with Crippen LogP contribution in [-0.2, 0) is 12.3 Å². The van der Waals surface area contributed by atoms with E-state index >= 15 is 0 Å². The van der Waals surface area contributed by atoms with Crippen molar-refractivity contribution in [2.45, 2.75) is 38.2 Å². The SMILES string of the molecule is Cc1ccc(CSc2nc3ccncc3n2Cc2cc(C)ccc2C)cc1. The number of imidazole rings is 1. The maximum absolute atomic E-state index is 4.88. The zero-order chi connectivity index (χ0) is 18.8. The maximum atomic E-state index is 4.88. The number of hydrogen-bond acceptors (Lipinski definition) is 3. The van der Waals surface area contributed by atoms with Crippen molar-refractivity contribution in [3.63, 3.8) is 0 Å². The van der Waals surface area contributed by atoms with Crippen molar-refractivity contribution in [1.29, 1.82) is 0 Å². The number of aromatic nitrogens is 3. The summed E-state index contributed by atoms with van der Waals surface area (Å²) in [6, 6.07) is 17.3. The predicted octanol–water partition coefficient (Wildman–Crippen LogP) is 5.70. The second-order valence-corrected chi connectivity index (χ2v) is 7.99. The lowest BCUT2D eigenvalue weighted by atomic mass is 10.1. The Morgan fingerprint density at radius 1 is 0.926 bits per heavy atom. The van der Waals surface area contributed by atoms with Crippen molar-refractivity contribution in [2.75, 3.05) is 0 Å². The minimum atomic E-state index is 0.811. The van der Waals surface area contributed by atoms with Crippen LogP contribution in [0.3, 0.4) is 0 Å². The van der Waals surface area contributed by atoms with Gasteiger partial charge in [0.05, 0.1) is 23.8 Å². The molecule has 0 saturated heterocycles. The van der Waals surface area contributed by atoms with Crippen molar-refractivity contribution in [3.05, 3.63) is 88.7 Å². The van der Waals surface area contributed by atoms with Crippen molar-refractivity contribution in [3.8, 4) is 0 Å². The average molecular weight is 374 g/mol. The molecule has 0 spiro atoms. The highest BCUT2D eigenvalue weighted by atomic mass is 32.2. The van der Waals surface area contributed by atoms with Gasteiger partial charge in [-0.3, -0.25) is 4.98 Å². The Bertz CT molecular complexity index is 1080. The monoisotopic (exact) mass is 373 g/mol. The summed E-state index contributed by atoms with van der Waals surface area (Å²) in [6.45, 7) is 7.24. The van der Waals surface area contributed by atoms with Crippen LogP contribution in [0.1, 0.15) is 27.8 Å². The standard InChI is InChI=1S/C23H23N3S/c1-16-5-8-19(9-6-16)15-27-23-25-21-10-11-24-13-22(21)26(23)14-20-12-17(2)4-7-18(20)3/h4-13H,14-15H2,1-3H3. The molecule has 0 radical (unpaired) electrons. The first-order valence-electron chi connectivity index (χ1n) is 9.15. The molecule has 0 saturated carbocycles. The van der Waals surface area contributed by atoms with Crippen LogP contribution < -0.4 is 0 Å². The normalized spacial score (nSPS) is 11.2. The minimum Gasteiger partial charge on any atom is -0.313 e. The Kier molecular flexibility index (Phi) is 4.99. The molecule has 136 valence electrons.